The number of hydrogen-bond acceptors (Lipinski definition) is 2. The summed E-state index contributed by atoms with van der Waals surface area (Å²) in [5, 5.41) is 3.53. The first kappa shape index (κ1) is 6.76. The third-order valence-corrected chi connectivity index (χ3v) is 0.827. The number of alkyl halides is 1. The van der Waals surface area contributed by atoms with Crippen LogP contribution in [0.15, 0.2) is 5.16 Å². The van der Waals surface area contributed by atoms with E-state index in [0.29, 0.717) is 5.88 Å². The third kappa shape index (κ3) is 3.59. The first-order valence-corrected chi connectivity index (χ1v) is 2.47. The van der Waals surface area contributed by atoms with Crippen LogP contribution in [0.5, 0.6) is 0 Å². The van der Waals surface area contributed by atoms with Crippen LogP contribution < -0.4 is 0 Å². The first-order valence-electron chi connectivity index (χ1n) is 1.94. The molecule has 0 fully saturated rings. The van der Waals surface area contributed by atoms with Crippen LogP contribution in [0.25, 0.3) is 0 Å². The van der Waals surface area contributed by atoms with Gasteiger partial charge >= 0.3 is 0 Å². The van der Waals surface area contributed by atoms with Gasteiger partial charge in [0.2, 0.25) is 0 Å². The lowest BCUT2D eigenvalue weighted by atomic mass is 10.5. The van der Waals surface area contributed by atoms with Crippen LogP contribution in [0.1, 0.15) is 6.92 Å². The van der Waals surface area contributed by atoms with Crippen molar-refractivity contribution in [1.29, 1.82) is 0 Å². The molecule has 0 aromatic heterocycles. The lowest BCUT2D eigenvalue weighted by molar-refractivity contribution is 0.213. The van der Waals surface area contributed by atoms with E-state index in [1.165, 1.54) is 7.11 Å². The Labute approximate surface area is 48.1 Å². The molecule has 0 unspecified atom stereocenters. The van der Waals surface area contributed by atoms with Gasteiger partial charge in [0, 0.05) is 0 Å². The Morgan fingerprint density at radius 1 is 1.86 bits per heavy atom. The third-order valence-electron chi connectivity index (χ3n) is 0.441. The number of nitrogens with zero attached hydrogens (tertiary/aromatic N) is 1. The first-order chi connectivity index (χ1) is 3.31. The van der Waals surface area contributed by atoms with Crippen LogP contribution in [0.4, 0.5) is 0 Å². The molecule has 0 bridgehead atoms. The van der Waals surface area contributed by atoms with Gasteiger partial charge in [0.1, 0.15) is 7.11 Å². The van der Waals surface area contributed by atoms with Gasteiger partial charge in [-0.3, -0.25) is 0 Å². The van der Waals surface area contributed by atoms with Crippen LogP contribution in [0.3, 0.4) is 0 Å². The predicted molar refractivity (Wildman–Crippen MR) is 30.8 cm³/mol. The van der Waals surface area contributed by atoms with Crippen molar-refractivity contribution in [2.45, 2.75) is 6.92 Å². The second-order valence-electron chi connectivity index (χ2n) is 1.14. The Bertz CT molecular complexity index is 72.1. The van der Waals surface area contributed by atoms with Crippen molar-refractivity contribution in [1.82, 2.24) is 0 Å². The maximum absolute atomic E-state index is 5.32. The van der Waals surface area contributed by atoms with Gasteiger partial charge in [-0.15, -0.1) is 11.6 Å². The van der Waals surface area contributed by atoms with Gasteiger partial charge in [0.15, 0.2) is 0 Å². The van der Waals surface area contributed by atoms with Crippen LogP contribution in [-0.2, 0) is 4.84 Å². The standard InChI is InChI=1S/C4H8ClNO/c1-4(3-5)6-7-2/h3H2,1-2H3/b6-4-. The molecule has 0 saturated carbocycles. The zero-order valence-corrected chi connectivity index (χ0v) is 5.20. The molecule has 0 N–H and O–H groups in total. The molecule has 0 atom stereocenters. The van der Waals surface area contributed by atoms with Crippen molar-refractivity contribution >= 4 is 17.3 Å². The number of rotatable bonds is 2. The molecule has 0 aliphatic heterocycles. The average Bonchev–Trinajstić information content (AvgIpc) is 1.68. The van der Waals surface area contributed by atoms with Crippen molar-refractivity contribution in [2.24, 2.45) is 5.16 Å². The van der Waals surface area contributed by atoms with E-state index in [-0.39, 0.29) is 0 Å². The van der Waals surface area contributed by atoms with Gasteiger partial charge in [0.05, 0.1) is 11.6 Å². The Hall–Kier alpha value is -0.240. The SMILES string of the molecule is CO/N=C(/C)CCl. The van der Waals surface area contributed by atoms with E-state index in [0.717, 1.165) is 5.71 Å². The van der Waals surface area contributed by atoms with E-state index in [4.69, 9.17) is 11.6 Å². The molecular formula is C4H8ClNO. The quantitative estimate of drug-likeness (QED) is 0.306. The van der Waals surface area contributed by atoms with Crippen molar-refractivity contribution in [2.75, 3.05) is 13.0 Å². The lowest BCUT2D eigenvalue weighted by Crippen LogP contribution is -1.91. The van der Waals surface area contributed by atoms with E-state index in [1.54, 1.807) is 6.92 Å². The molecule has 0 aliphatic rings. The molecule has 42 valence electrons. The summed E-state index contributed by atoms with van der Waals surface area (Å²) >= 11 is 5.32. The zero-order valence-electron chi connectivity index (χ0n) is 4.44. The van der Waals surface area contributed by atoms with E-state index < -0.39 is 0 Å². The Kier molecular flexibility index (Phi) is 3.80. The molecule has 0 spiro atoms. The summed E-state index contributed by atoms with van der Waals surface area (Å²) in [5.41, 5.74) is 0.796. The highest BCUT2D eigenvalue weighted by Crippen LogP contribution is 1.80. The molecule has 0 saturated heterocycles. The maximum atomic E-state index is 5.32. The van der Waals surface area contributed by atoms with Gasteiger partial charge in [-0.2, -0.15) is 0 Å². The summed E-state index contributed by atoms with van der Waals surface area (Å²) in [6.45, 7) is 1.80. The fourth-order valence-corrected chi connectivity index (χ4v) is 0.229. The molecule has 3 heteroatoms. The second-order valence-corrected chi connectivity index (χ2v) is 1.41. The smallest absolute Gasteiger partial charge is 0.106 e. The van der Waals surface area contributed by atoms with Gasteiger partial charge in [-0.05, 0) is 6.92 Å². The molecule has 0 rings (SSSR count). The van der Waals surface area contributed by atoms with Crippen LogP contribution in [0.2, 0.25) is 0 Å². The van der Waals surface area contributed by atoms with Gasteiger partial charge in [0.25, 0.3) is 0 Å². The summed E-state index contributed by atoms with van der Waals surface area (Å²) in [6, 6.07) is 0. The molecule has 0 aromatic rings. The zero-order chi connectivity index (χ0) is 5.70. The molecule has 0 aromatic carbocycles. The highest BCUT2D eigenvalue weighted by atomic mass is 35.5. The number of hydrogen-bond donors (Lipinski definition) is 0. The van der Waals surface area contributed by atoms with E-state index in [9.17, 15) is 0 Å². The molecular weight excluding hydrogens is 114 g/mol. The van der Waals surface area contributed by atoms with Crippen LogP contribution in [0, 0.1) is 0 Å². The minimum atomic E-state index is 0.438. The second kappa shape index (κ2) is 3.93. The van der Waals surface area contributed by atoms with E-state index in [2.05, 4.69) is 9.99 Å². The fourth-order valence-electron chi connectivity index (χ4n) is 0.180. The molecule has 0 heterocycles. The van der Waals surface area contributed by atoms with Crippen LogP contribution in [-0.4, -0.2) is 18.7 Å². The minimum Gasteiger partial charge on any atom is -0.399 e. The minimum absolute atomic E-state index is 0.438. The largest absolute Gasteiger partial charge is 0.399 e. The van der Waals surface area contributed by atoms with Crippen molar-refractivity contribution in [3.8, 4) is 0 Å². The highest BCUT2D eigenvalue weighted by molar-refractivity contribution is 6.28. The Balaban J connectivity index is 3.29. The fraction of sp³-hybridized carbons (Fsp3) is 0.750. The summed E-state index contributed by atoms with van der Waals surface area (Å²) in [5.74, 6) is 0.438. The van der Waals surface area contributed by atoms with Gasteiger partial charge in [-0.1, -0.05) is 5.16 Å². The lowest BCUT2D eigenvalue weighted by Gasteiger charge is -1.87. The normalized spacial score (nSPS) is 11.6. The summed E-state index contributed by atoms with van der Waals surface area (Å²) in [4.78, 5) is 4.40. The topological polar surface area (TPSA) is 21.6 Å². The van der Waals surface area contributed by atoms with Crippen molar-refractivity contribution in [3.63, 3.8) is 0 Å². The maximum Gasteiger partial charge on any atom is 0.106 e. The molecule has 0 radical (unpaired) electrons. The predicted octanol–water partition coefficient (Wildman–Crippen LogP) is 1.25. The average molecular weight is 122 g/mol. The monoisotopic (exact) mass is 121 g/mol. The van der Waals surface area contributed by atoms with E-state index >= 15 is 0 Å². The Morgan fingerprint density at radius 3 is 2.57 bits per heavy atom. The molecule has 0 amide bonds. The molecule has 0 aliphatic carbocycles. The van der Waals surface area contributed by atoms with Gasteiger partial charge < -0.3 is 4.84 Å². The summed E-state index contributed by atoms with van der Waals surface area (Å²) < 4.78 is 0. The number of oxime groups is 1. The highest BCUT2D eigenvalue weighted by Gasteiger charge is 1.82. The van der Waals surface area contributed by atoms with Crippen molar-refractivity contribution in [3.05, 3.63) is 0 Å². The summed E-state index contributed by atoms with van der Waals surface area (Å²) in [6.07, 6.45) is 0. The van der Waals surface area contributed by atoms with Gasteiger partial charge in [-0.25, -0.2) is 0 Å². The van der Waals surface area contributed by atoms with E-state index in [1.807, 2.05) is 0 Å². The number of halogens is 1. The van der Waals surface area contributed by atoms with Crippen LogP contribution >= 0.6 is 11.6 Å². The van der Waals surface area contributed by atoms with Crippen molar-refractivity contribution < 1.29 is 4.84 Å². The molecule has 2 nitrogen and oxygen atoms in total. The Morgan fingerprint density at radius 2 is 2.43 bits per heavy atom. The molecule has 7 heavy (non-hydrogen) atoms. The summed E-state index contributed by atoms with van der Waals surface area (Å²) in [7, 11) is 1.50.